The minimum absolute atomic E-state index is 0.0393. The van der Waals surface area contributed by atoms with E-state index in [0.717, 1.165) is 17.3 Å². The van der Waals surface area contributed by atoms with Gasteiger partial charge >= 0.3 is 0 Å². The van der Waals surface area contributed by atoms with Crippen LogP contribution >= 0.6 is 11.8 Å². The van der Waals surface area contributed by atoms with Gasteiger partial charge in [0.15, 0.2) is 5.17 Å². The molecular formula is C21H21N3O4S2. The number of amidine groups is 1. The van der Waals surface area contributed by atoms with Gasteiger partial charge in [-0.15, -0.1) is 11.0 Å². The second kappa shape index (κ2) is 9.27. The Labute approximate surface area is 179 Å². The van der Waals surface area contributed by atoms with Crippen molar-refractivity contribution in [2.75, 3.05) is 11.9 Å². The quantitative estimate of drug-likeness (QED) is 0.663. The van der Waals surface area contributed by atoms with Gasteiger partial charge in [-0.1, -0.05) is 53.7 Å². The van der Waals surface area contributed by atoms with Crippen molar-refractivity contribution in [1.29, 1.82) is 0 Å². The van der Waals surface area contributed by atoms with Crippen LogP contribution in [-0.2, 0) is 19.6 Å². The lowest BCUT2D eigenvalue weighted by molar-refractivity contribution is -0.127. The van der Waals surface area contributed by atoms with Crippen molar-refractivity contribution in [2.24, 2.45) is 4.40 Å². The van der Waals surface area contributed by atoms with E-state index in [1.807, 2.05) is 13.0 Å². The highest BCUT2D eigenvalue weighted by atomic mass is 32.2. The highest BCUT2D eigenvalue weighted by Crippen LogP contribution is 2.31. The van der Waals surface area contributed by atoms with Crippen LogP contribution in [0.2, 0.25) is 0 Å². The number of carbonyl (C=O) groups excluding carboxylic acids is 2. The fourth-order valence-electron chi connectivity index (χ4n) is 2.77. The number of para-hydroxylation sites is 1. The molecule has 1 heterocycles. The van der Waals surface area contributed by atoms with Crippen LogP contribution < -0.4 is 5.32 Å². The molecule has 0 unspecified atom stereocenters. The first-order valence-electron chi connectivity index (χ1n) is 9.15. The third kappa shape index (κ3) is 5.17. The molecule has 0 bridgehead atoms. The number of amides is 2. The Hall–Kier alpha value is -2.91. The number of rotatable bonds is 7. The molecule has 1 aliphatic rings. The minimum Gasteiger partial charge on any atom is -0.326 e. The smallest absolute Gasteiger partial charge is 0.284 e. The topological polar surface area (TPSA) is 95.9 Å². The number of hydrogen-bond acceptors (Lipinski definition) is 5. The molecule has 9 heteroatoms. The van der Waals surface area contributed by atoms with Crippen LogP contribution in [-0.4, -0.2) is 42.1 Å². The third-order valence-corrected chi connectivity index (χ3v) is 6.85. The Kier molecular flexibility index (Phi) is 6.73. The van der Waals surface area contributed by atoms with Crippen molar-refractivity contribution in [3.8, 4) is 0 Å². The van der Waals surface area contributed by atoms with Gasteiger partial charge in [-0.3, -0.25) is 14.5 Å². The molecule has 1 fully saturated rings. The average molecular weight is 444 g/mol. The van der Waals surface area contributed by atoms with Gasteiger partial charge in [0.2, 0.25) is 11.8 Å². The number of nitrogens with zero attached hydrogens (tertiary/aromatic N) is 2. The zero-order chi connectivity index (χ0) is 21.7. The third-order valence-electron chi connectivity index (χ3n) is 4.28. The molecule has 7 nitrogen and oxygen atoms in total. The summed E-state index contributed by atoms with van der Waals surface area (Å²) >= 11 is 0.969. The maximum atomic E-state index is 12.8. The van der Waals surface area contributed by atoms with E-state index in [-0.39, 0.29) is 34.8 Å². The van der Waals surface area contributed by atoms with Gasteiger partial charge in [0.25, 0.3) is 10.0 Å². The maximum Gasteiger partial charge on any atom is 0.284 e. The van der Waals surface area contributed by atoms with Gasteiger partial charge in [-0.25, -0.2) is 0 Å². The second-order valence-corrected chi connectivity index (χ2v) is 9.40. The molecule has 1 saturated heterocycles. The van der Waals surface area contributed by atoms with Gasteiger partial charge in [0.1, 0.15) is 5.25 Å². The number of nitrogens with one attached hydrogen (secondary N) is 1. The van der Waals surface area contributed by atoms with E-state index in [1.165, 1.54) is 23.1 Å². The zero-order valence-electron chi connectivity index (χ0n) is 16.3. The summed E-state index contributed by atoms with van der Waals surface area (Å²) in [6.07, 6.45) is 1.38. The van der Waals surface area contributed by atoms with E-state index >= 15 is 0 Å². The number of benzene rings is 2. The summed E-state index contributed by atoms with van der Waals surface area (Å²) in [6, 6.07) is 15.2. The summed E-state index contributed by atoms with van der Waals surface area (Å²) in [5.74, 6) is -0.714. The Morgan fingerprint density at radius 1 is 1.20 bits per heavy atom. The van der Waals surface area contributed by atoms with Crippen LogP contribution in [0.5, 0.6) is 0 Å². The van der Waals surface area contributed by atoms with E-state index in [4.69, 9.17) is 0 Å². The molecule has 0 aromatic heterocycles. The summed E-state index contributed by atoms with van der Waals surface area (Å²) < 4.78 is 29.2. The van der Waals surface area contributed by atoms with Crippen molar-refractivity contribution in [3.05, 3.63) is 72.8 Å². The predicted molar refractivity (Wildman–Crippen MR) is 119 cm³/mol. The van der Waals surface area contributed by atoms with Crippen molar-refractivity contribution in [3.63, 3.8) is 0 Å². The number of sulfonamides is 1. The summed E-state index contributed by atoms with van der Waals surface area (Å²) in [4.78, 5) is 26.4. The molecule has 30 heavy (non-hydrogen) atoms. The zero-order valence-corrected chi connectivity index (χ0v) is 17.9. The SMILES string of the molecule is C=CCN1C(=O)[C@@H](CC(=O)Nc2ccccc2)SC1=NS(=O)(=O)c1ccc(C)cc1. The number of carbonyl (C=O) groups is 2. The van der Waals surface area contributed by atoms with E-state index in [1.54, 1.807) is 36.4 Å². The molecule has 1 N–H and O–H groups in total. The molecule has 2 aromatic carbocycles. The van der Waals surface area contributed by atoms with Gasteiger partial charge < -0.3 is 5.32 Å². The molecule has 1 aliphatic heterocycles. The monoisotopic (exact) mass is 443 g/mol. The average Bonchev–Trinajstić information content (AvgIpc) is 2.97. The number of anilines is 1. The van der Waals surface area contributed by atoms with Crippen molar-refractivity contribution >= 4 is 44.5 Å². The standard InChI is InChI=1S/C21H21N3O4S2/c1-3-13-24-20(26)18(14-19(25)22-16-7-5-4-6-8-16)29-21(24)23-30(27,28)17-11-9-15(2)10-12-17/h3-12,18H,1,13-14H2,2H3,(H,22,25)/t18-/m1/s1. The first kappa shape index (κ1) is 21.8. The van der Waals surface area contributed by atoms with Crippen LogP contribution in [0.4, 0.5) is 5.69 Å². The Bertz CT molecular complexity index is 1080. The fraction of sp³-hybridized carbons (Fsp3) is 0.190. The Morgan fingerprint density at radius 2 is 1.87 bits per heavy atom. The van der Waals surface area contributed by atoms with Crippen LogP contribution in [0.3, 0.4) is 0 Å². The molecule has 2 amide bonds. The van der Waals surface area contributed by atoms with Crippen LogP contribution in [0.1, 0.15) is 12.0 Å². The van der Waals surface area contributed by atoms with Crippen molar-refractivity contribution in [2.45, 2.75) is 23.5 Å². The van der Waals surface area contributed by atoms with E-state index in [2.05, 4.69) is 16.3 Å². The highest BCUT2D eigenvalue weighted by molar-refractivity contribution is 8.16. The number of aryl methyl sites for hydroxylation is 1. The highest BCUT2D eigenvalue weighted by Gasteiger charge is 2.39. The fourth-order valence-corrected chi connectivity index (χ4v) is 5.14. The summed E-state index contributed by atoms with van der Waals surface area (Å²) in [5, 5.41) is 2.01. The first-order valence-corrected chi connectivity index (χ1v) is 11.5. The summed E-state index contributed by atoms with van der Waals surface area (Å²) in [7, 11) is -4.00. The molecule has 0 spiro atoms. The molecule has 156 valence electrons. The lowest BCUT2D eigenvalue weighted by Crippen LogP contribution is -2.33. The molecule has 2 aromatic rings. The van der Waals surface area contributed by atoms with Gasteiger partial charge in [0, 0.05) is 18.7 Å². The molecule has 0 saturated carbocycles. The lowest BCUT2D eigenvalue weighted by atomic mass is 10.2. The van der Waals surface area contributed by atoms with Crippen LogP contribution in [0.15, 0.2) is 76.5 Å². The van der Waals surface area contributed by atoms with E-state index in [0.29, 0.717) is 5.69 Å². The van der Waals surface area contributed by atoms with Gasteiger partial charge in [-0.2, -0.15) is 8.42 Å². The van der Waals surface area contributed by atoms with Gasteiger partial charge in [0.05, 0.1) is 4.90 Å². The number of hydrogen-bond donors (Lipinski definition) is 1. The maximum absolute atomic E-state index is 12.8. The molecule has 1 atom stereocenters. The molecule has 0 aliphatic carbocycles. The van der Waals surface area contributed by atoms with Gasteiger partial charge in [-0.05, 0) is 31.2 Å². The summed E-state index contributed by atoms with van der Waals surface area (Å²) in [6.45, 7) is 5.57. The predicted octanol–water partition coefficient (Wildman–Crippen LogP) is 3.20. The number of thioether (sulfide) groups is 1. The van der Waals surface area contributed by atoms with E-state index < -0.39 is 15.3 Å². The Balaban J connectivity index is 1.80. The van der Waals surface area contributed by atoms with E-state index in [9.17, 15) is 18.0 Å². The van der Waals surface area contributed by atoms with Crippen molar-refractivity contribution < 1.29 is 18.0 Å². The minimum atomic E-state index is -4.00. The lowest BCUT2D eigenvalue weighted by Gasteiger charge is -2.13. The van der Waals surface area contributed by atoms with Crippen molar-refractivity contribution in [1.82, 2.24) is 4.90 Å². The van der Waals surface area contributed by atoms with Crippen LogP contribution in [0.25, 0.3) is 0 Å². The molecule has 0 radical (unpaired) electrons. The molecule has 3 rings (SSSR count). The Morgan fingerprint density at radius 3 is 2.50 bits per heavy atom. The normalized spacial score (nSPS) is 17.9. The summed E-state index contributed by atoms with van der Waals surface area (Å²) in [5.41, 5.74) is 1.54. The largest absolute Gasteiger partial charge is 0.326 e. The first-order chi connectivity index (χ1) is 14.3. The second-order valence-electron chi connectivity index (χ2n) is 6.62. The molecular weight excluding hydrogens is 422 g/mol. The van der Waals surface area contributed by atoms with Crippen LogP contribution in [0, 0.1) is 6.92 Å².